The molecule has 1 aliphatic rings. The van der Waals surface area contributed by atoms with Gasteiger partial charge in [-0.2, -0.15) is 5.26 Å². The molecule has 25 heavy (non-hydrogen) atoms. The first kappa shape index (κ1) is 17.2. The summed E-state index contributed by atoms with van der Waals surface area (Å²) < 4.78 is 2.01. The molecule has 3 rings (SSSR count). The van der Waals surface area contributed by atoms with Crippen molar-refractivity contribution in [2.24, 2.45) is 5.92 Å². The van der Waals surface area contributed by atoms with E-state index in [9.17, 15) is 9.90 Å². The Bertz CT molecular complexity index is 815. The molecular weight excluding hydrogens is 314 g/mol. The van der Waals surface area contributed by atoms with Crippen molar-refractivity contribution in [3.8, 4) is 11.8 Å². The summed E-state index contributed by atoms with van der Waals surface area (Å²) in [6.07, 6.45) is 2.51. The first-order chi connectivity index (χ1) is 12.0. The zero-order valence-electron chi connectivity index (χ0n) is 14.6. The van der Waals surface area contributed by atoms with E-state index in [4.69, 9.17) is 5.26 Å². The molecule has 130 valence electrons. The van der Waals surface area contributed by atoms with Gasteiger partial charge in [-0.05, 0) is 57.0 Å². The van der Waals surface area contributed by atoms with E-state index in [1.807, 2.05) is 36.6 Å². The Balaban J connectivity index is 1.78. The second-order valence-electron chi connectivity index (χ2n) is 6.75. The number of aliphatic hydroxyl groups is 1. The van der Waals surface area contributed by atoms with Gasteiger partial charge in [0, 0.05) is 29.5 Å². The average Bonchev–Trinajstić information content (AvgIpc) is 3.15. The maximum Gasteiger partial charge on any atom is 0.253 e. The summed E-state index contributed by atoms with van der Waals surface area (Å²) in [7, 11) is 0. The molecule has 1 amide bonds. The molecule has 0 aliphatic heterocycles. The highest BCUT2D eigenvalue weighted by atomic mass is 16.3. The third-order valence-electron chi connectivity index (χ3n) is 5.07. The number of rotatable bonds is 4. The van der Waals surface area contributed by atoms with Crippen molar-refractivity contribution in [1.29, 1.82) is 5.26 Å². The first-order valence-electron chi connectivity index (χ1n) is 8.67. The molecule has 1 heterocycles. The number of carbonyl (C=O) groups excluding carboxylic acids is 1. The fourth-order valence-corrected chi connectivity index (χ4v) is 3.65. The van der Waals surface area contributed by atoms with Crippen LogP contribution < -0.4 is 5.32 Å². The number of amides is 1. The monoisotopic (exact) mass is 337 g/mol. The number of benzene rings is 1. The lowest BCUT2D eigenvalue weighted by Crippen LogP contribution is -2.32. The highest BCUT2D eigenvalue weighted by Gasteiger charge is 2.26. The van der Waals surface area contributed by atoms with Crippen molar-refractivity contribution in [3.63, 3.8) is 0 Å². The fourth-order valence-electron chi connectivity index (χ4n) is 3.65. The summed E-state index contributed by atoms with van der Waals surface area (Å²) in [4.78, 5) is 12.6. The number of nitrogens with zero attached hydrogens (tertiary/aromatic N) is 2. The van der Waals surface area contributed by atoms with Gasteiger partial charge in [-0.3, -0.25) is 4.79 Å². The Hall–Kier alpha value is -2.58. The lowest BCUT2D eigenvalue weighted by molar-refractivity contribution is 0.0916. The van der Waals surface area contributed by atoms with Crippen LogP contribution in [-0.2, 0) is 0 Å². The van der Waals surface area contributed by atoms with Crippen molar-refractivity contribution in [3.05, 3.63) is 52.8 Å². The van der Waals surface area contributed by atoms with Gasteiger partial charge in [-0.25, -0.2) is 0 Å². The van der Waals surface area contributed by atoms with Gasteiger partial charge < -0.3 is 15.0 Å². The van der Waals surface area contributed by atoms with E-state index in [1.54, 1.807) is 12.1 Å². The van der Waals surface area contributed by atoms with Gasteiger partial charge in [0.15, 0.2) is 0 Å². The predicted octanol–water partition coefficient (Wildman–Crippen LogP) is 2.86. The van der Waals surface area contributed by atoms with E-state index in [0.717, 1.165) is 36.3 Å². The lowest BCUT2D eigenvalue weighted by atomic mass is 10.1. The number of hydrogen-bond acceptors (Lipinski definition) is 3. The molecule has 1 aliphatic carbocycles. The van der Waals surface area contributed by atoms with Crippen molar-refractivity contribution in [2.45, 2.75) is 39.2 Å². The molecule has 2 aromatic rings. The summed E-state index contributed by atoms with van der Waals surface area (Å²) in [5.74, 6) is 0.0538. The Morgan fingerprint density at radius 2 is 2.04 bits per heavy atom. The number of aromatic nitrogens is 1. The summed E-state index contributed by atoms with van der Waals surface area (Å²) >= 11 is 0. The minimum absolute atomic E-state index is 0.105. The van der Waals surface area contributed by atoms with Crippen LogP contribution in [-0.4, -0.2) is 28.2 Å². The number of hydrogen-bond donors (Lipinski definition) is 2. The molecule has 2 atom stereocenters. The number of nitrogens with one attached hydrogen (secondary N) is 1. The molecule has 1 aromatic carbocycles. The van der Waals surface area contributed by atoms with Gasteiger partial charge in [0.2, 0.25) is 0 Å². The molecule has 0 radical (unpaired) electrons. The van der Waals surface area contributed by atoms with Crippen LogP contribution in [0, 0.1) is 31.1 Å². The van der Waals surface area contributed by atoms with Crippen molar-refractivity contribution >= 4 is 5.91 Å². The summed E-state index contributed by atoms with van der Waals surface area (Å²) in [6, 6.07) is 11.3. The molecule has 0 saturated heterocycles. The normalized spacial score (nSPS) is 19.6. The minimum Gasteiger partial charge on any atom is -0.393 e. The van der Waals surface area contributed by atoms with Gasteiger partial charge in [0.05, 0.1) is 23.3 Å². The molecule has 0 spiro atoms. The van der Waals surface area contributed by atoms with Crippen molar-refractivity contribution < 1.29 is 9.90 Å². The van der Waals surface area contributed by atoms with Gasteiger partial charge in [-0.1, -0.05) is 6.42 Å². The maximum absolute atomic E-state index is 12.6. The molecule has 2 N–H and O–H groups in total. The van der Waals surface area contributed by atoms with Gasteiger partial charge in [-0.15, -0.1) is 0 Å². The number of carbonyl (C=O) groups is 1. The van der Waals surface area contributed by atoms with Crippen molar-refractivity contribution in [2.75, 3.05) is 6.54 Å². The fraction of sp³-hybridized carbons (Fsp3) is 0.400. The summed E-state index contributed by atoms with van der Waals surface area (Å²) in [5, 5.41) is 21.8. The van der Waals surface area contributed by atoms with E-state index >= 15 is 0 Å². The zero-order valence-corrected chi connectivity index (χ0v) is 14.6. The molecule has 1 fully saturated rings. The topological polar surface area (TPSA) is 78.0 Å². The molecule has 1 aromatic heterocycles. The van der Waals surface area contributed by atoms with Crippen LogP contribution in [0.15, 0.2) is 30.3 Å². The number of aliphatic hydroxyl groups excluding tert-OH is 1. The maximum atomic E-state index is 12.6. The van der Waals surface area contributed by atoms with E-state index in [0.29, 0.717) is 17.7 Å². The third kappa shape index (κ3) is 3.45. The second-order valence-corrected chi connectivity index (χ2v) is 6.75. The van der Waals surface area contributed by atoms with Gasteiger partial charge >= 0.3 is 0 Å². The van der Waals surface area contributed by atoms with E-state index in [-0.39, 0.29) is 17.9 Å². The van der Waals surface area contributed by atoms with Crippen LogP contribution in [0.1, 0.15) is 46.6 Å². The van der Waals surface area contributed by atoms with E-state index < -0.39 is 0 Å². The Morgan fingerprint density at radius 3 is 2.64 bits per heavy atom. The minimum atomic E-state index is -0.300. The highest BCUT2D eigenvalue weighted by molar-refractivity contribution is 5.95. The second kappa shape index (κ2) is 7.12. The molecule has 5 nitrogen and oxygen atoms in total. The molecule has 2 unspecified atom stereocenters. The Labute approximate surface area is 147 Å². The van der Waals surface area contributed by atoms with Gasteiger partial charge in [0.1, 0.15) is 0 Å². The van der Waals surface area contributed by atoms with Crippen LogP contribution in [0.4, 0.5) is 0 Å². The molecule has 0 bridgehead atoms. The Kier molecular flexibility index (Phi) is 4.91. The van der Waals surface area contributed by atoms with Crippen molar-refractivity contribution in [1.82, 2.24) is 9.88 Å². The smallest absolute Gasteiger partial charge is 0.253 e. The standard InChI is InChI=1S/C20H23N3O2/c1-13-10-18(20(25)22-12-16-4-3-5-19(16)24)14(2)23(13)17-8-6-15(11-21)7-9-17/h6-10,16,19,24H,3-5,12H2,1-2H3,(H,22,25). The highest BCUT2D eigenvalue weighted by Crippen LogP contribution is 2.25. The molecule has 5 heteroatoms. The predicted molar refractivity (Wildman–Crippen MR) is 95.6 cm³/mol. The van der Waals surface area contributed by atoms with Crippen LogP contribution in [0.3, 0.4) is 0 Å². The zero-order chi connectivity index (χ0) is 18.0. The molecule has 1 saturated carbocycles. The summed E-state index contributed by atoms with van der Waals surface area (Å²) in [6.45, 7) is 4.40. The van der Waals surface area contributed by atoms with Crippen LogP contribution in [0.2, 0.25) is 0 Å². The van der Waals surface area contributed by atoms with Gasteiger partial charge in [0.25, 0.3) is 5.91 Å². The lowest BCUT2D eigenvalue weighted by Gasteiger charge is -2.15. The Morgan fingerprint density at radius 1 is 1.32 bits per heavy atom. The summed E-state index contributed by atoms with van der Waals surface area (Å²) in [5.41, 5.74) is 4.02. The third-order valence-corrected chi connectivity index (χ3v) is 5.07. The number of nitriles is 1. The number of aryl methyl sites for hydroxylation is 1. The quantitative estimate of drug-likeness (QED) is 0.900. The van der Waals surface area contributed by atoms with E-state index in [1.165, 1.54) is 0 Å². The SMILES string of the molecule is Cc1cc(C(=O)NCC2CCCC2O)c(C)n1-c1ccc(C#N)cc1. The largest absolute Gasteiger partial charge is 0.393 e. The van der Waals surface area contributed by atoms with Crippen LogP contribution >= 0.6 is 0 Å². The average molecular weight is 337 g/mol. The first-order valence-corrected chi connectivity index (χ1v) is 8.67. The van der Waals surface area contributed by atoms with Crippen LogP contribution in [0.25, 0.3) is 5.69 Å². The molecular formula is C20H23N3O2. The van der Waals surface area contributed by atoms with E-state index in [2.05, 4.69) is 11.4 Å². The van der Waals surface area contributed by atoms with Crippen LogP contribution in [0.5, 0.6) is 0 Å².